The van der Waals surface area contributed by atoms with Crippen molar-refractivity contribution in [3.8, 4) is 0 Å². The Kier molecular flexibility index (Phi) is 5.62. The van der Waals surface area contributed by atoms with Crippen molar-refractivity contribution in [2.75, 3.05) is 13.6 Å². The molecule has 0 aromatic heterocycles. The van der Waals surface area contributed by atoms with Crippen LogP contribution in [0.15, 0.2) is 0 Å². The Hall–Kier alpha value is -0.900. The van der Waals surface area contributed by atoms with Crippen molar-refractivity contribution in [2.45, 2.75) is 51.6 Å². The van der Waals surface area contributed by atoms with Crippen LogP contribution in [0.4, 0.5) is 0 Å². The number of likely N-dealkylation sites (tertiary alicyclic amines) is 1. The molecule has 4 heteroatoms. The molecule has 0 radical (unpaired) electrons. The monoisotopic (exact) mass is 240 g/mol. The lowest BCUT2D eigenvalue weighted by molar-refractivity contribution is -0.129. The third-order valence-electron chi connectivity index (χ3n) is 3.79. The maximum atomic E-state index is 12.1. The molecular weight excluding hydrogens is 216 g/mol. The fraction of sp³-hybridized carbons (Fsp3) is 0.846. The summed E-state index contributed by atoms with van der Waals surface area (Å²) in [4.78, 5) is 25.1. The Morgan fingerprint density at radius 3 is 2.76 bits per heavy atom. The summed E-state index contributed by atoms with van der Waals surface area (Å²) in [5.41, 5.74) is 0. The minimum Gasteiger partial charge on any atom is -0.345 e. The fourth-order valence-electron chi connectivity index (χ4n) is 2.23. The second-order valence-electron chi connectivity index (χ2n) is 5.05. The number of carbonyl (C=O) groups is 2. The molecule has 1 fully saturated rings. The zero-order valence-electron chi connectivity index (χ0n) is 11.1. The van der Waals surface area contributed by atoms with Crippen LogP contribution in [0.25, 0.3) is 0 Å². The number of hydrogen-bond acceptors (Lipinski definition) is 3. The van der Waals surface area contributed by atoms with Crippen molar-refractivity contribution in [3.05, 3.63) is 0 Å². The van der Waals surface area contributed by atoms with Crippen LogP contribution in [-0.4, -0.2) is 42.8 Å². The topological polar surface area (TPSA) is 49.4 Å². The van der Waals surface area contributed by atoms with Crippen molar-refractivity contribution in [3.63, 3.8) is 0 Å². The number of rotatable bonds is 5. The summed E-state index contributed by atoms with van der Waals surface area (Å²) in [5.74, 6) is 0.204. The van der Waals surface area contributed by atoms with Gasteiger partial charge in [0, 0.05) is 0 Å². The minimum absolute atomic E-state index is 0.00426. The number of likely N-dealkylation sites (N-methyl/N-ethyl adjacent to an activating group) is 1. The predicted octanol–water partition coefficient (Wildman–Crippen LogP) is 1.20. The van der Waals surface area contributed by atoms with Gasteiger partial charge in [-0.15, -0.1) is 0 Å². The normalized spacial score (nSPS) is 25.0. The van der Waals surface area contributed by atoms with Gasteiger partial charge in [0.25, 0.3) is 0 Å². The molecule has 98 valence electrons. The molecule has 1 rings (SSSR count). The average Bonchev–Trinajstić information content (AvgIpc) is 2.35. The van der Waals surface area contributed by atoms with E-state index in [0.717, 1.165) is 38.5 Å². The van der Waals surface area contributed by atoms with Gasteiger partial charge in [0.2, 0.25) is 5.91 Å². The maximum Gasteiger partial charge on any atom is 0.237 e. The van der Waals surface area contributed by atoms with Gasteiger partial charge in [-0.3, -0.25) is 9.69 Å². The lowest BCUT2D eigenvalue weighted by Crippen LogP contribution is -2.52. The van der Waals surface area contributed by atoms with E-state index in [1.165, 1.54) is 0 Å². The van der Waals surface area contributed by atoms with E-state index in [0.29, 0.717) is 0 Å². The number of carbonyl (C=O) groups excluding carboxylic acids is 2. The second-order valence-corrected chi connectivity index (χ2v) is 5.05. The van der Waals surface area contributed by atoms with Gasteiger partial charge in [-0.2, -0.15) is 0 Å². The van der Waals surface area contributed by atoms with E-state index >= 15 is 0 Å². The number of hydrogen-bond donors (Lipinski definition) is 1. The van der Waals surface area contributed by atoms with Gasteiger partial charge in [-0.05, 0) is 32.4 Å². The molecule has 0 aliphatic carbocycles. The lowest BCUT2D eigenvalue weighted by atomic mass is 9.98. The molecule has 0 unspecified atom stereocenters. The average molecular weight is 240 g/mol. The standard InChI is InChI=1S/C13H24N2O2/c1-4-10(2)11(9-16)14-13(17)12-7-5-6-8-15(12)3/h9-12H,4-8H2,1-3H3,(H,14,17)/t10-,11+,12+/m0/s1. The first-order valence-corrected chi connectivity index (χ1v) is 6.56. The lowest BCUT2D eigenvalue weighted by Gasteiger charge is -2.32. The fourth-order valence-corrected chi connectivity index (χ4v) is 2.23. The summed E-state index contributed by atoms with van der Waals surface area (Å²) in [6.07, 6.45) is 4.90. The quantitative estimate of drug-likeness (QED) is 0.735. The second kappa shape index (κ2) is 6.74. The van der Waals surface area contributed by atoms with Crippen molar-refractivity contribution in [2.24, 2.45) is 5.92 Å². The van der Waals surface area contributed by atoms with Gasteiger partial charge >= 0.3 is 0 Å². The summed E-state index contributed by atoms with van der Waals surface area (Å²) in [6.45, 7) is 4.98. The highest BCUT2D eigenvalue weighted by Gasteiger charge is 2.28. The van der Waals surface area contributed by atoms with Crippen LogP contribution < -0.4 is 5.32 Å². The largest absolute Gasteiger partial charge is 0.345 e. The van der Waals surface area contributed by atoms with Crippen LogP contribution in [0.3, 0.4) is 0 Å². The maximum absolute atomic E-state index is 12.1. The number of nitrogens with zero attached hydrogens (tertiary/aromatic N) is 1. The molecule has 0 aromatic rings. The van der Waals surface area contributed by atoms with E-state index in [4.69, 9.17) is 0 Å². The third kappa shape index (κ3) is 3.80. The van der Waals surface area contributed by atoms with Gasteiger partial charge in [-0.1, -0.05) is 26.7 Å². The van der Waals surface area contributed by atoms with Gasteiger partial charge < -0.3 is 10.1 Å². The predicted molar refractivity (Wildman–Crippen MR) is 67.7 cm³/mol. The molecule has 17 heavy (non-hydrogen) atoms. The zero-order chi connectivity index (χ0) is 12.8. The van der Waals surface area contributed by atoms with Crippen LogP contribution in [0, 0.1) is 5.92 Å². The molecule has 4 nitrogen and oxygen atoms in total. The van der Waals surface area contributed by atoms with Crippen LogP contribution in [-0.2, 0) is 9.59 Å². The van der Waals surface area contributed by atoms with E-state index in [2.05, 4.69) is 10.2 Å². The Labute approximate surface area is 104 Å². The van der Waals surface area contributed by atoms with Gasteiger partial charge in [0.1, 0.15) is 6.29 Å². The highest BCUT2D eigenvalue weighted by Crippen LogP contribution is 2.15. The van der Waals surface area contributed by atoms with Gasteiger partial charge in [-0.25, -0.2) is 0 Å². The Morgan fingerprint density at radius 2 is 2.24 bits per heavy atom. The van der Waals surface area contributed by atoms with Crippen molar-refractivity contribution in [1.82, 2.24) is 10.2 Å². The summed E-state index contributed by atoms with van der Waals surface area (Å²) in [6, 6.07) is -0.405. The highest BCUT2D eigenvalue weighted by atomic mass is 16.2. The summed E-state index contributed by atoms with van der Waals surface area (Å²) in [7, 11) is 1.97. The molecule has 1 saturated heterocycles. The number of piperidine rings is 1. The summed E-state index contributed by atoms with van der Waals surface area (Å²) < 4.78 is 0. The zero-order valence-corrected chi connectivity index (χ0v) is 11.1. The summed E-state index contributed by atoms with van der Waals surface area (Å²) in [5, 5.41) is 2.87. The van der Waals surface area contributed by atoms with Crippen molar-refractivity contribution in [1.29, 1.82) is 0 Å². The Morgan fingerprint density at radius 1 is 1.53 bits per heavy atom. The van der Waals surface area contributed by atoms with E-state index in [1.54, 1.807) is 0 Å². The van der Waals surface area contributed by atoms with Crippen molar-refractivity contribution >= 4 is 12.2 Å². The van der Waals surface area contributed by atoms with E-state index in [-0.39, 0.29) is 23.9 Å². The highest BCUT2D eigenvalue weighted by molar-refractivity contribution is 5.84. The molecule has 0 spiro atoms. The third-order valence-corrected chi connectivity index (χ3v) is 3.79. The van der Waals surface area contributed by atoms with E-state index in [1.807, 2.05) is 20.9 Å². The molecule has 1 aliphatic rings. The molecule has 1 aliphatic heterocycles. The first kappa shape index (κ1) is 14.2. The smallest absolute Gasteiger partial charge is 0.237 e. The van der Waals surface area contributed by atoms with E-state index in [9.17, 15) is 9.59 Å². The van der Waals surface area contributed by atoms with Crippen LogP contribution in [0.1, 0.15) is 39.5 Å². The molecule has 0 aromatic carbocycles. The molecule has 1 heterocycles. The molecule has 3 atom stereocenters. The first-order valence-electron chi connectivity index (χ1n) is 6.56. The van der Waals surface area contributed by atoms with Crippen LogP contribution in [0.2, 0.25) is 0 Å². The molecule has 1 N–H and O–H groups in total. The summed E-state index contributed by atoms with van der Waals surface area (Å²) >= 11 is 0. The number of nitrogens with one attached hydrogen (secondary N) is 1. The van der Waals surface area contributed by atoms with Crippen LogP contribution in [0.5, 0.6) is 0 Å². The SMILES string of the molecule is CC[C@H](C)[C@@H](C=O)NC(=O)[C@H]1CCCCN1C. The molecule has 1 amide bonds. The molecular formula is C13H24N2O2. The van der Waals surface area contributed by atoms with Gasteiger partial charge in [0.05, 0.1) is 12.1 Å². The first-order chi connectivity index (χ1) is 8.10. The number of aldehydes is 1. The number of amides is 1. The molecule has 0 saturated carbocycles. The Balaban J connectivity index is 2.54. The van der Waals surface area contributed by atoms with Gasteiger partial charge in [0.15, 0.2) is 0 Å². The Bertz CT molecular complexity index is 268. The van der Waals surface area contributed by atoms with Crippen LogP contribution >= 0.6 is 0 Å². The van der Waals surface area contributed by atoms with Crippen molar-refractivity contribution < 1.29 is 9.59 Å². The molecule has 0 bridgehead atoms. The minimum atomic E-state index is -0.345. The van der Waals surface area contributed by atoms with E-state index < -0.39 is 0 Å².